The number of carbonyl (C=O) groups excluding carboxylic acids is 1. The molecule has 0 atom stereocenters. The average molecular weight is 416 g/mol. The molecule has 0 bridgehead atoms. The van der Waals surface area contributed by atoms with Crippen LogP contribution in [0.5, 0.6) is 0 Å². The van der Waals surface area contributed by atoms with Gasteiger partial charge in [0.1, 0.15) is 16.5 Å². The van der Waals surface area contributed by atoms with E-state index >= 15 is 0 Å². The summed E-state index contributed by atoms with van der Waals surface area (Å²) < 4.78 is 13.9. The van der Waals surface area contributed by atoms with E-state index in [1.54, 1.807) is 34.9 Å². The molecule has 0 radical (unpaired) electrons. The highest BCUT2D eigenvalue weighted by Gasteiger charge is 2.21. The number of amides is 1. The van der Waals surface area contributed by atoms with Gasteiger partial charge in [0.05, 0.1) is 0 Å². The Morgan fingerprint density at radius 3 is 2.75 bits per heavy atom. The Morgan fingerprint density at radius 1 is 1.18 bits per heavy atom. The molecule has 0 saturated carbocycles. The smallest absolute Gasteiger partial charge is 0.270 e. The minimum atomic E-state index is -0.321. The number of thiophene rings is 1. The molecule has 1 aliphatic heterocycles. The van der Waals surface area contributed by atoms with Gasteiger partial charge < -0.3 is 5.32 Å². The SMILES string of the molecule is O=C(NCC1CCN(Cc2cccs2)CC1)c1csc(-c2ccccc2F)n1. The summed E-state index contributed by atoms with van der Waals surface area (Å²) >= 11 is 3.09. The van der Waals surface area contributed by atoms with Crippen molar-refractivity contribution in [3.63, 3.8) is 0 Å². The third-order valence-corrected chi connectivity index (χ3v) is 6.80. The zero-order chi connectivity index (χ0) is 19.3. The molecule has 1 saturated heterocycles. The molecule has 146 valence electrons. The van der Waals surface area contributed by atoms with E-state index in [1.807, 2.05) is 0 Å². The zero-order valence-corrected chi connectivity index (χ0v) is 17.1. The summed E-state index contributed by atoms with van der Waals surface area (Å²) in [5, 5.41) is 7.35. The second-order valence-electron chi connectivity index (χ2n) is 7.03. The topological polar surface area (TPSA) is 45.2 Å². The number of nitrogens with zero attached hydrogens (tertiary/aromatic N) is 2. The molecule has 1 amide bonds. The Balaban J connectivity index is 1.26. The van der Waals surface area contributed by atoms with Crippen LogP contribution in [-0.2, 0) is 6.54 Å². The average Bonchev–Trinajstić information content (AvgIpc) is 3.40. The highest BCUT2D eigenvalue weighted by atomic mass is 32.1. The van der Waals surface area contributed by atoms with E-state index in [0.29, 0.717) is 28.7 Å². The number of halogens is 1. The van der Waals surface area contributed by atoms with Gasteiger partial charge >= 0.3 is 0 Å². The molecule has 0 spiro atoms. The van der Waals surface area contributed by atoms with Crippen LogP contribution in [0.25, 0.3) is 10.6 Å². The molecule has 1 aliphatic rings. The Hall–Kier alpha value is -2.09. The molecule has 3 aromatic rings. The van der Waals surface area contributed by atoms with Crippen LogP contribution >= 0.6 is 22.7 Å². The standard InChI is InChI=1S/C21H22FN3OS2/c22-18-6-2-1-5-17(18)21-24-19(14-28-21)20(26)23-12-15-7-9-25(10-8-15)13-16-4-3-11-27-16/h1-6,11,14-15H,7-10,12-13H2,(H,23,26). The molecule has 0 aliphatic carbocycles. The number of benzene rings is 1. The first-order valence-corrected chi connectivity index (χ1v) is 11.2. The Morgan fingerprint density at radius 2 is 2.00 bits per heavy atom. The molecule has 1 aromatic carbocycles. The van der Waals surface area contributed by atoms with Crippen molar-refractivity contribution in [1.29, 1.82) is 0 Å². The highest BCUT2D eigenvalue weighted by Crippen LogP contribution is 2.26. The minimum absolute atomic E-state index is 0.181. The molecule has 1 fully saturated rings. The number of hydrogen-bond acceptors (Lipinski definition) is 5. The van der Waals surface area contributed by atoms with Crippen molar-refractivity contribution >= 4 is 28.6 Å². The highest BCUT2D eigenvalue weighted by molar-refractivity contribution is 7.13. The van der Waals surface area contributed by atoms with Crippen LogP contribution in [0.2, 0.25) is 0 Å². The monoisotopic (exact) mass is 415 g/mol. The maximum atomic E-state index is 13.9. The summed E-state index contributed by atoms with van der Waals surface area (Å²) in [6, 6.07) is 10.8. The summed E-state index contributed by atoms with van der Waals surface area (Å²) in [4.78, 5) is 20.6. The third kappa shape index (κ3) is 4.66. The molecule has 4 nitrogen and oxygen atoms in total. The summed E-state index contributed by atoms with van der Waals surface area (Å²) in [5.41, 5.74) is 0.794. The molecule has 2 aromatic heterocycles. The fourth-order valence-corrected chi connectivity index (χ4v) is 5.01. The lowest BCUT2D eigenvalue weighted by atomic mass is 9.96. The first-order valence-electron chi connectivity index (χ1n) is 9.42. The quantitative estimate of drug-likeness (QED) is 0.637. The predicted molar refractivity (Wildman–Crippen MR) is 112 cm³/mol. The van der Waals surface area contributed by atoms with Crippen LogP contribution in [0.4, 0.5) is 4.39 Å². The van der Waals surface area contributed by atoms with E-state index in [0.717, 1.165) is 32.5 Å². The molecule has 0 unspecified atom stereocenters. The Labute approximate surface area is 172 Å². The summed E-state index contributed by atoms with van der Waals surface area (Å²) in [6.45, 7) is 3.81. The Bertz CT molecular complexity index is 917. The summed E-state index contributed by atoms with van der Waals surface area (Å²) in [5.74, 6) is -0.00817. The van der Waals surface area contributed by atoms with E-state index < -0.39 is 0 Å². The van der Waals surface area contributed by atoms with Gasteiger partial charge in [-0.25, -0.2) is 9.37 Å². The molecule has 28 heavy (non-hydrogen) atoms. The second-order valence-corrected chi connectivity index (χ2v) is 8.92. The number of aromatic nitrogens is 1. The number of rotatable bonds is 6. The van der Waals surface area contributed by atoms with Crippen LogP contribution in [0, 0.1) is 11.7 Å². The van der Waals surface area contributed by atoms with Gasteiger partial charge in [0.15, 0.2) is 0 Å². The third-order valence-electron chi connectivity index (χ3n) is 5.06. The number of piperidine rings is 1. The van der Waals surface area contributed by atoms with Gasteiger partial charge in [-0.05, 0) is 55.4 Å². The largest absolute Gasteiger partial charge is 0.350 e. The van der Waals surface area contributed by atoms with Gasteiger partial charge in [-0.15, -0.1) is 22.7 Å². The van der Waals surface area contributed by atoms with Crippen LogP contribution in [-0.4, -0.2) is 35.4 Å². The normalized spacial score (nSPS) is 15.6. The fourth-order valence-electron chi connectivity index (χ4n) is 3.44. The molecule has 4 rings (SSSR count). The van der Waals surface area contributed by atoms with Crippen molar-refractivity contribution in [1.82, 2.24) is 15.2 Å². The number of nitrogens with one attached hydrogen (secondary N) is 1. The van der Waals surface area contributed by atoms with E-state index in [2.05, 4.69) is 32.7 Å². The van der Waals surface area contributed by atoms with Crippen LogP contribution in [0.3, 0.4) is 0 Å². The van der Waals surface area contributed by atoms with Crippen molar-refractivity contribution in [3.8, 4) is 10.6 Å². The lowest BCUT2D eigenvalue weighted by Crippen LogP contribution is -2.38. The number of thiazole rings is 1. The lowest BCUT2D eigenvalue weighted by molar-refractivity contribution is 0.0931. The maximum absolute atomic E-state index is 13.9. The van der Waals surface area contributed by atoms with Crippen molar-refractivity contribution < 1.29 is 9.18 Å². The van der Waals surface area contributed by atoms with Gasteiger partial charge in [0.2, 0.25) is 0 Å². The minimum Gasteiger partial charge on any atom is -0.350 e. The fraction of sp³-hybridized carbons (Fsp3) is 0.333. The molecular formula is C21H22FN3OS2. The molecular weight excluding hydrogens is 393 g/mol. The number of hydrogen-bond donors (Lipinski definition) is 1. The Kier molecular flexibility index (Phi) is 6.14. The van der Waals surface area contributed by atoms with Gasteiger partial charge in [-0.1, -0.05) is 18.2 Å². The van der Waals surface area contributed by atoms with E-state index in [-0.39, 0.29) is 11.7 Å². The van der Waals surface area contributed by atoms with Gasteiger partial charge in [0.25, 0.3) is 5.91 Å². The van der Waals surface area contributed by atoms with Crippen LogP contribution < -0.4 is 5.32 Å². The maximum Gasteiger partial charge on any atom is 0.270 e. The van der Waals surface area contributed by atoms with E-state index in [9.17, 15) is 9.18 Å². The second kappa shape index (κ2) is 8.94. The van der Waals surface area contributed by atoms with Crippen molar-refractivity contribution in [2.75, 3.05) is 19.6 Å². The van der Waals surface area contributed by atoms with Crippen LogP contribution in [0.15, 0.2) is 47.2 Å². The zero-order valence-electron chi connectivity index (χ0n) is 15.4. The first-order chi connectivity index (χ1) is 13.7. The number of carbonyl (C=O) groups is 1. The van der Waals surface area contributed by atoms with E-state index in [4.69, 9.17) is 0 Å². The van der Waals surface area contributed by atoms with Crippen molar-refractivity contribution in [2.45, 2.75) is 19.4 Å². The van der Waals surface area contributed by atoms with E-state index in [1.165, 1.54) is 22.3 Å². The van der Waals surface area contributed by atoms with Crippen molar-refractivity contribution in [2.24, 2.45) is 5.92 Å². The van der Waals surface area contributed by atoms with Gasteiger partial charge in [-0.3, -0.25) is 9.69 Å². The number of likely N-dealkylation sites (tertiary alicyclic amines) is 1. The molecule has 1 N–H and O–H groups in total. The lowest BCUT2D eigenvalue weighted by Gasteiger charge is -2.31. The van der Waals surface area contributed by atoms with Crippen LogP contribution in [0.1, 0.15) is 28.2 Å². The summed E-state index contributed by atoms with van der Waals surface area (Å²) in [7, 11) is 0. The molecule has 7 heteroatoms. The van der Waals surface area contributed by atoms with Gasteiger partial charge in [0, 0.05) is 28.9 Å². The van der Waals surface area contributed by atoms with Crippen molar-refractivity contribution in [3.05, 3.63) is 63.5 Å². The summed E-state index contributed by atoms with van der Waals surface area (Å²) in [6.07, 6.45) is 2.17. The molecule has 3 heterocycles. The first kappa shape index (κ1) is 19.2. The van der Waals surface area contributed by atoms with Gasteiger partial charge in [-0.2, -0.15) is 0 Å². The predicted octanol–water partition coefficient (Wildman–Crippen LogP) is 4.65.